The number of ether oxygens (including phenoxy) is 2. The third kappa shape index (κ3) is 19.0. The van der Waals surface area contributed by atoms with Gasteiger partial charge in [-0.05, 0) is 174 Å². The number of rotatable bonds is 14. The maximum atomic E-state index is 12.5. The van der Waals surface area contributed by atoms with Crippen LogP contribution in [0.5, 0.6) is 0 Å². The van der Waals surface area contributed by atoms with Crippen LogP contribution in [0.4, 0.5) is 32.3 Å². The first-order valence-corrected chi connectivity index (χ1v) is 44.8. The number of nitrogens with one attached hydrogen (secondary N) is 6. The molecule has 0 atom stereocenters. The van der Waals surface area contributed by atoms with Gasteiger partial charge in [-0.2, -0.15) is 40.8 Å². The molecule has 0 radical (unpaired) electrons. The van der Waals surface area contributed by atoms with Gasteiger partial charge < -0.3 is 31.6 Å². The van der Waals surface area contributed by atoms with Gasteiger partial charge in [-0.25, -0.2) is 49.4 Å². The monoisotopic (exact) mass is 1920 g/mol. The second-order valence-corrected chi connectivity index (χ2v) is 36.0. The average molecular weight is 1930 g/mol. The summed E-state index contributed by atoms with van der Waals surface area (Å²) in [5.74, 6) is 0. The third-order valence-electron chi connectivity index (χ3n) is 23.5. The summed E-state index contributed by atoms with van der Waals surface area (Å²) in [6.07, 6.45) is 12.5. The molecular weight excluding hydrogens is 1840 g/mol. The van der Waals surface area contributed by atoms with Gasteiger partial charge in [0.1, 0.15) is 11.2 Å². The number of alkyl carbamates (subject to hydrolysis) is 2. The Balaban J connectivity index is 0.000000131. The van der Waals surface area contributed by atoms with Crippen molar-refractivity contribution in [2.24, 2.45) is 39.7 Å². The van der Waals surface area contributed by atoms with Crippen LogP contribution in [0.2, 0.25) is 10.0 Å². The van der Waals surface area contributed by atoms with Crippen molar-refractivity contribution in [3.63, 3.8) is 0 Å². The number of aryl methyl sites for hydroxylation is 6. The molecule has 8 aromatic carbocycles. The maximum Gasteiger partial charge on any atom is 0.407 e. The van der Waals surface area contributed by atoms with Crippen molar-refractivity contribution >= 4 is 145 Å². The van der Waals surface area contributed by atoms with Crippen molar-refractivity contribution in [2.75, 3.05) is 0 Å². The molecule has 10 N–H and O–H groups in total. The minimum absolute atomic E-state index is 0.0475. The molecule has 0 saturated carbocycles. The van der Waals surface area contributed by atoms with E-state index in [-0.39, 0.29) is 48.4 Å². The van der Waals surface area contributed by atoms with E-state index in [1.165, 1.54) is 0 Å². The van der Waals surface area contributed by atoms with Crippen LogP contribution >= 0.6 is 23.2 Å². The van der Waals surface area contributed by atoms with Crippen molar-refractivity contribution in [2.45, 2.75) is 92.8 Å². The van der Waals surface area contributed by atoms with Gasteiger partial charge in [0, 0.05) is 154 Å². The predicted octanol–water partition coefficient (Wildman–Crippen LogP) is 19.2. The van der Waals surface area contributed by atoms with Crippen molar-refractivity contribution in [1.82, 2.24) is 110 Å². The lowest BCUT2D eigenvalue weighted by Gasteiger charge is -2.19. The number of fused-ring (bicyclic) bond motifs is 8. The van der Waals surface area contributed by atoms with Gasteiger partial charge >= 0.3 is 12.2 Å². The largest absolute Gasteiger partial charge is 0.444 e. The number of hydrogen-bond acceptors (Lipinski definition) is 22. The fraction of sp³-hybridized carbons (Fsp3) is 0.173. The van der Waals surface area contributed by atoms with Gasteiger partial charge in [0.25, 0.3) is 22.2 Å². The average Bonchev–Trinajstić information content (AvgIpc) is 1.61. The molecule has 142 heavy (non-hydrogen) atoms. The Hall–Kier alpha value is -18.2. The van der Waals surface area contributed by atoms with Crippen LogP contribution in [0.1, 0.15) is 75.4 Å². The Morgan fingerprint density at radius 2 is 0.599 bits per heavy atom. The van der Waals surface area contributed by atoms with E-state index in [1.54, 1.807) is 153 Å². The van der Waals surface area contributed by atoms with Crippen LogP contribution in [-0.2, 0) is 63.8 Å². The van der Waals surface area contributed by atoms with Gasteiger partial charge in [0.2, 0.25) is 22.7 Å². The highest BCUT2D eigenvalue weighted by Crippen LogP contribution is 2.48. The van der Waals surface area contributed by atoms with Gasteiger partial charge in [-0.3, -0.25) is 57.8 Å². The molecule has 0 bridgehead atoms. The molecule has 38 heteroatoms. The number of hydrogen-bond donors (Lipinski definition) is 8. The molecule has 704 valence electrons. The van der Waals surface area contributed by atoms with Crippen LogP contribution in [0, 0.1) is 40.1 Å². The molecule has 0 spiro atoms. The third-order valence-corrected chi connectivity index (χ3v) is 23.9. The predicted molar refractivity (Wildman–Crippen MR) is 548 cm³/mol. The van der Waals surface area contributed by atoms with Crippen LogP contribution in [0.15, 0.2) is 214 Å². The standard InChI is InChI=1S/C29H27N7O3.C28H24ClN7O3.C24H19N7O.C23H16ClN7O/c1-16-11-21-23(31-13-16)10-9-19(25(21)30-5)26-22(14-33-36(26)6)17-7-8-18-20(12-17)24(34-35-27(18)37)15-32-28(38)39-29(2,3)4;1-28(2,3)39-27(38)32-14-23-19-10-15(6-7-17(19)26(37)35-34-23)21-13-33-36(5)25(21)18-8-9-22-20(24(18)30-4)11-16(29)12-31-22;1-13-8-18-20(27-11-13)7-6-16(22(18)26-2)23-19(12-28-31(23)3)14-4-5-15-17(9-14)21(10-25)29-30-24(15)32;1-26-21-15(5-6-19-17(21)8-13(24)10-27-19)22-18(11-28-31(22)2)12-3-4-14-16(7-12)20(9-25)29-30-23(14)32/h7-14H,15H2,1-4,6H3,(H,32,38)(H,35,37);6-13H,14H2,1-3,5H3,(H,32,38)(H,35,37);4-9,11-12H,10,25H2,1,3H3,(H,30,32);3-8,10-11H,9,25H2,2H3,(H,30,32). The first kappa shape index (κ1) is 95.5. The Bertz CT molecular complexity index is 8520. The molecule has 0 fully saturated rings. The fourth-order valence-corrected chi connectivity index (χ4v) is 17.4. The zero-order valence-electron chi connectivity index (χ0n) is 78.4. The number of H-pyrrole nitrogens is 4. The second kappa shape index (κ2) is 39.1. The highest BCUT2D eigenvalue weighted by molar-refractivity contribution is 6.32. The van der Waals surface area contributed by atoms with E-state index in [9.17, 15) is 28.8 Å². The van der Waals surface area contributed by atoms with Crippen molar-refractivity contribution < 1.29 is 19.1 Å². The molecule has 0 aliphatic heterocycles. The van der Waals surface area contributed by atoms with Gasteiger partial charge in [-0.1, -0.05) is 83.9 Å². The number of pyridine rings is 4. The van der Waals surface area contributed by atoms with Crippen molar-refractivity contribution in [3.05, 3.63) is 326 Å². The molecule has 0 saturated heterocycles. The van der Waals surface area contributed by atoms with Crippen LogP contribution < -0.4 is 44.3 Å². The van der Waals surface area contributed by atoms with E-state index in [0.717, 1.165) is 111 Å². The minimum atomic E-state index is -0.650. The number of amides is 2. The number of nitrogens with zero attached hydrogens (tertiary/aromatic N) is 20. The van der Waals surface area contributed by atoms with E-state index in [4.69, 9.17) is 70.4 Å². The quantitative estimate of drug-likeness (QED) is 0.0469. The highest BCUT2D eigenvalue weighted by atomic mass is 35.5. The second-order valence-electron chi connectivity index (χ2n) is 35.2. The van der Waals surface area contributed by atoms with E-state index in [1.807, 2.05) is 144 Å². The van der Waals surface area contributed by atoms with E-state index >= 15 is 0 Å². The first-order valence-electron chi connectivity index (χ1n) is 44.1. The lowest BCUT2D eigenvalue weighted by atomic mass is 9.96. The highest BCUT2D eigenvalue weighted by Gasteiger charge is 2.28. The number of benzene rings is 8. The Morgan fingerprint density at radius 3 is 0.859 bits per heavy atom. The maximum absolute atomic E-state index is 12.5. The number of carbonyl (C=O) groups excluding carboxylic acids is 2. The summed E-state index contributed by atoms with van der Waals surface area (Å²) in [6.45, 7) is 46.7. The fourth-order valence-electron chi connectivity index (χ4n) is 17.1. The molecule has 2 amide bonds. The molecule has 0 aliphatic rings. The van der Waals surface area contributed by atoms with E-state index in [0.29, 0.717) is 132 Å². The number of halogens is 2. The first-order chi connectivity index (χ1) is 68.1. The van der Waals surface area contributed by atoms with Crippen LogP contribution in [0.25, 0.3) is 196 Å². The van der Waals surface area contributed by atoms with Crippen molar-refractivity contribution in [1.29, 1.82) is 0 Å². The number of aromatic amines is 4. The summed E-state index contributed by atoms with van der Waals surface area (Å²) in [6, 6.07) is 44.3. The lowest BCUT2D eigenvalue weighted by molar-refractivity contribution is 0.0511. The SMILES string of the molecule is [C-]#[N+]c1c(-c2c(-c3ccc4c(=O)[nH]nc(CN)c4c3)cnn2C)ccc2ncc(C)cc12.[C-]#[N+]c1c(-c2c(-c3ccc4c(=O)[nH]nc(CN)c4c3)cnn2C)ccc2ncc(Cl)cc12.[C-]#[N+]c1c(-c2c(-c3ccc4c(=O)[nH]nc(CNC(=O)OC(C)(C)C)c4c3)cnn2C)ccc2ncc(C)cc12.[C-]#[N+]c1c(-c2c(-c3ccc4c(=O)[nH]nc(CNC(=O)OC(C)(C)C)c4c3)cnn2C)ccc2ncc(Cl)cc12. The molecule has 12 aromatic heterocycles. The minimum Gasteiger partial charge on any atom is -0.444 e. The van der Waals surface area contributed by atoms with Gasteiger partial charge in [0.05, 0.1) is 163 Å². The topological polar surface area (TPSA) is 452 Å². The van der Waals surface area contributed by atoms with E-state index in [2.05, 4.69) is 111 Å². The Labute approximate surface area is 817 Å². The molecule has 12 heterocycles. The van der Waals surface area contributed by atoms with Gasteiger partial charge in [-0.15, -0.1) is 0 Å². The van der Waals surface area contributed by atoms with Crippen molar-refractivity contribution in [3.8, 4) is 89.5 Å². The summed E-state index contributed by atoms with van der Waals surface area (Å²) in [4.78, 5) is 107. The summed E-state index contributed by atoms with van der Waals surface area (Å²) in [7, 11) is 7.31. The molecule has 20 aromatic rings. The molecule has 0 aliphatic carbocycles. The summed E-state index contributed by atoms with van der Waals surface area (Å²) >= 11 is 12.3. The zero-order valence-corrected chi connectivity index (χ0v) is 79.9. The molecule has 20 rings (SSSR count). The Kier molecular flexibility index (Phi) is 26.3. The molecular formula is C104H86Cl2N28O8. The van der Waals surface area contributed by atoms with Crippen LogP contribution in [0.3, 0.4) is 0 Å². The van der Waals surface area contributed by atoms with Gasteiger partial charge in [0.15, 0.2) is 0 Å². The lowest BCUT2D eigenvalue weighted by Crippen LogP contribution is -2.32. The number of nitrogens with two attached hydrogens (primary N) is 2. The Morgan fingerprint density at radius 1 is 0.345 bits per heavy atom. The van der Waals surface area contributed by atoms with Crippen LogP contribution in [-0.4, -0.2) is 123 Å². The number of aromatic nitrogens is 20. The summed E-state index contributed by atoms with van der Waals surface area (Å²) in [5.41, 5.74) is 30.5. The normalized spacial score (nSPS) is 11.4. The molecule has 36 nitrogen and oxygen atoms in total. The zero-order chi connectivity index (χ0) is 101. The number of carbonyl (C=O) groups is 2. The smallest absolute Gasteiger partial charge is 0.407 e. The van der Waals surface area contributed by atoms with E-state index < -0.39 is 23.4 Å². The summed E-state index contributed by atoms with van der Waals surface area (Å²) < 4.78 is 17.6. The molecule has 0 unspecified atom stereocenters. The summed E-state index contributed by atoms with van der Waals surface area (Å²) in [5, 5.41) is 58.0.